The second-order valence-corrected chi connectivity index (χ2v) is 6.39. The van der Waals surface area contributed by atoms with Crippen molar-refractivity contribution in [3.63, 3.8) is 0 Å². The van der Waals surface area contributed by atoms with E-state index in [4.69, 9.17) is 11.6 Å². The van der Waals surface area contributed by atoms with E-state index in [2.05, 4.69) is 20.8 Å². The molecule has 2 rings (SSSR count). The zero-order valence-corrected chi connectivity index (χ0v) is 11.9. The highest BCUT2D eigenvalue weighted by Crippen LogP contribution is 2.25. The average molecular weight is 316 g/mol. The van der Waals surface area contributed by atoms with Gasteiger partial charge in [-0.15, -0.1) is 5.10 Å². The molecule has 0 atom stereocenters. The van der Waals surface area contributed by atoms with Gasteiger partial charge in [-0.25, -0.2) is 13.1 Å². The molecule has 1 amide bonds. The first-order valence-electron chi connectivity index (χ1n) is 5.36. The van der Waals surface area contributed by atoms with Gasteiger partial charge in [0, 0.05) is 6.26 Å². The van der Waals surface area contributed by atoms with E-state index in [0.717, 1.165) is 6.26 Å². The molecular formula is C10H10ClN5O3S. The molecule has 1 aromatic heterocycles. The third kappa shape index (κ3) is 3.52. The molecule has 20 heavy (non-hydrogen) atoms. The molecule has 0 fully saturated rings. The van der Waals surface area contributed by atoms with E-state index < -0.39 is 15.7 Å². The zero-order chi connectivity index (χ0) is 14.8. The number of carbonyl (C=O) groups excluding carboxylic acids is 1. The lowest BCUT2D eigenvalue weighted by Gasteiger charge is -2.08. The van der Waals surface area contributed by atoms with Crippen LogP contribution in [0.4, 0.5) is 5.69 Å². The van der Waals surface area contributed by atoms with Crippen LogP contribution in [-0.4, -0.2) is 40.8 Å². The summed E-state index contributed by atoms with van der Waals surface area (Å²) in [7, 11) is -3.38. The van der Waals surface area contributed by atoms with Crippen LogP contribution in [0, 0.1) is 0 Å². The number of hydrogen-bond acceptors (Lipinski definition) is 6. The number of sulfone groups is 1. The number of rotatable bonds is 4. The summed E-state index contributed by atoms with van der Waals surface area (Å²) in [5, 5.41) is 13.1. The molecule has 0 spiro atoms. The van der Waals surface area contributed by atoms with Gasteiger partial charge in [0.25, 0.3) is 0 Å². The molecule has 0 aliphatic rings. The van der Waals surface area contributed by atoms with E-state index in [0.29, 0.717) is 0 Å². The Labute approximate surface area is 119 Å². The molecule has 8 nitrogen and oxygen atoms in total. The van der Waals surface area contributed by atoms with Gasteiger partial charge in [-0.1, -0.05) is 11.6 Å². The summed E-state index contributed by atoms with van der Waals surface area (Å²) in [5.74, 6) is -0.426. The van der Waals surface area contributed by atoms with Crippen LogP contribution in [0.3, 0.4) is 0 Å². The lowest BCUT2D eigenvalue weighted by molar-refractivity contribution is -0.116. The molecule has 1 N–H and O–H groups in total. The van der Waals surface area contributed by atoms with Crippen LogP contribution in [0.25, 0.3) is 0 Å². The minimum Gasteiger partial charge on any atom is -0.323 e. The molecular weight excluding hydrogens is 306 g/mol. The van der Waals surface area contributed by atoms with Crippen molar-refractivity contribution in [3.05, 3.63) is 29.5 Å². The predicted molar refractivity (Wildman–Crippen MR) is 71.0 cm³/mol. The smallest absolute Gasteiger partial charge is 0.246 e. The van der Waals surface area contributed by atoms with E-state index in [1.54, 1.807) is 0 Å². The number of nitrogens with one attached hydrogen (secondary N) is 1. The maximum atomic E-state index is 11.8. The number of carbonyl (C=O) groups is 1. The molecule has 0 radical (unpaired) electrons. The number of nitrogens with zero attached hydrogens (tertiary/aromatic N) is 4. The van der Waals surface area contributed by atoms with Crippen LogP contribution in [0.15, 0.2) is 29.4 Å². The number of halogens is 1. The summed E-state index contributed by atoms with van der Waals surface area (Å²) >= 11 is 5.92. The highest BCUT2D eigenvalue weighted by molar-refractivity contribution is 7.90. The van der Waals surface area contributed by atoms with Crippen LogP contribution < -0.4 is 5.32 Å². The van der Waals surface area contributed by atoms with Gasteiger partial charge < -0.3 is 5.32 Å². The number of anilines is 1. The number of amides is 1. The second-order valence-electron chi connectivity index (χ2n) is 3.97. The van der Waals surface area contributed by atoms with E-state index in [9.17, 15) is 13.2 Å². The summed E-state index contributed by atoms with van der Waals surface area (Å²) in [5.41, 5.74) is 0.215. The van der Waals surface area contributed by atoms with Crippen molar-refractivity contribution in [1.82, 2.24) is 20.2 Å². The van der Waals surface area contributed by atoms with Gasteiger partial charge in [0.15, 0.2) is 9.84 Å². The normalized spacial score (nSPS) is 11.3. The monoisotopic (exact) mass is 315 g/mol. The Morgan fingerprint density at radius 3 is 2.80 bits per heavy atom. The van der Waals surface area contributed by atoms with Crippen LogP contribution >= 0.6 is 11.6 Å². The first-order chi connectivity index (χ1) is 9.36. The lowest BCUT2D eigenvalue weighted by Crippen LogP contribution is -2.19. The second kappa shape index (κ2) is 5.55. The number of tetrazole rings is 1. The molecule has 10 heteroatoms. The van der Waals surface area contributed by atoms with Crippen LogP contribution in [0.2, 0.25) is 5.02 Å². The molecule has 1 aromatic carbocycles. The molecule has 1 heterocycles. The van der Waals surface area contributed by atoms with Crippen LogP contribution in [0.1, 0.15) is 0 Å². The Morgan fingerprint density at radius 2 is 2.20 bits per heavy atom. The van der Waals surface area contributed by atoms with Crippen molar-refractivity contribution in [2.24, 2.45) is 0 Å². The standard InChI is InChI=1S/C10H10ClN5O3S/c1-20(18,19)7-2-3-8(11)9(4-7)13-10(17)5-16-6-12-14-15-16/h2-4,6H,5H2,1H3,(H,13,17). The fourth-order valence-electron chi connectivity index (χ4n) is 1.42. The van der Waals surface area contributed by atoms with Gasteiger partial charge in [0.05, 0.1) is 15.6 Å². The minimum atomic E-state index is -3.38. The summed E-state index contributed by atoms with van der Waals surface area (Å²) in [6, 6.07) is 4.08. The van der Waals surface area contributed by atoms with Gasteiger partial charge in [-0.05, 0) is 28.6 Å². The molecule has 2 aromatic rings. The number of benzene rings is 1. The Morgan fingerprint density at radius 1 is 1.45 bits per heavy atom. The summed E-state index contributed by atoms with van der Waals surface area (Å²) < 4.78 is 24.1. The zero-order valence-electron chi connectivity index (χ0n) is 10.3. The first-order valence-corrected chi connectivity index (χ1v) is 7.63. The highest BCUT2D eigenvalue weighted by Gasteiger charge is 2.12. The third-order valence-corrected chi connectivity index (χ3v) is 3.78. The number of aromatic nitrogens is 4. The van der Waals surface area contributed by atoms with Crippen molar-refractivity contribution in [2.45, 2.75) is 11.4 Å². The fraction of sp³-hybridized carbons (Fsp3) is 0.200. The van der Waals surface area contributed by atoms with E-state index in [1.165, 1.54) is 29.2 Å². The molecule has 0 unspecified atom stereocenters. The van der Waals surface area contributed by atoms with Crippen molar-refractivity contribution in [2.75, 3.05) is 11.6 Å². The van der Waals surface area contributed by atoms with Crippen molar-refractivity contribution >= 4 is 33.0 Å². The molecule has 0 aliphatic carbocycles. The van der Waals surface area contributed by atoms with Gasteiger partial charge in [-0.3, -0.25) is 4.79 Å². The van der Waals surface area contributed by atoms with Gasteiger partial charge >= 0.3 is 0 Å². The maximum Gasteiger partial charge on any atom is 0.246 e. The highest BCUT2D eigenvalue weighted by atomic mass is 35.5. The van der Waals surface area contributed by atoms with Gasteiger partial charge in [-0.2, -0.15) is 0 Å². The molecule has 0 bridgehead atoms. The Hall–Kier alpha value is -2.00. The van der Waals surface area contributed by atoms with E-state index >= 15 is 0 Å². The Bertz CT molecular complexity index is 729. The first kappa shape index (κ1) is 14.4. The largest absolute Gasteiger partial charge is 0.323 e. The van der Waals surface area contributed by atoms with Crippen LogP contribution in [0.5, 0.6) is 0 Å². The quantitative estimate of drug-likeness (QED) is 0.873. The summed E-state index contributed by atoms with van der Waals surface area (Å²) in [4.78, 5) is 11.8. The predicted octanol–water partition coefficient (Wildman–Crippen LogP) is 0.369. The Balaban J connectivity index is 2.18. The van der Waals surface area contributed by atoms with Gasteiger partial charge in [0.1, 0.15) is 12.9 Å². The summed E-state index contributed by atoms with van der Waals surface area (Å²) in [6.07, 6.45) is 2.36. The molecule has 0 saturated carbocycles. The van der Waals surface area contributed by atoms with E-state index in [-0.39, 0.29) is 22.2 Å². The summed E-state index contributed by atoms with van der Waals surface area (Å²) in [6.45, 7) is -0.105. The average Bonchev–Trinajstić information content (AvgIpc) is 2.83. The minimum absolute atomic E-state index is 0.0691. The van der Waals surface area contributed by atoms with Crippen LogP contribution in [-0.2, 0) is 21.2 Å². The maximum absolute atomic E-state index is 11.8. The van der Waals surface area contributed by atoms with Crippen molar-refractivity contribution < 1.29 is 13.2 Å². The SMILES string of the molecule is CS(=O)(=O)c1ccc(Cl)c(NC(=O)Cn2cnnn2)c1. The molecule has 106 valence electrons. The van der Waals surface area contributed by atoms with Crippen molar-refractivity contribution in [3.8, 4) is 0 Å². The van der Waals surface area contributed by atoms with Gasteiger partial charge in [0.2, 0.25) is 5.91 Å². The topological polar surface area (TPSA) is 107 Å². The molecule has 0 saturated heterocycles. The fourth-order valence-corrected chi connectivity index (χ4v) is 2.23. The lowest BCUT2D eigenvalue weighted by atomic mass is 10.3. The van der Waals surface area contributed by atoms with E-state index in [1.807, 2.05) is 0 Å². The Kier molecular flexibility index (Phi) is 4.00. The van der Waals surface area contributed by atoms with Crippen molar-refractivity contribution in [1.29, 1.82) is 0 Å². The number of hydrogen-bond donors (Lipinski definition) is 1. The molecule has 0 aliphatic heterocycles. The third-order valence-electron chi connectivity index (χ3n) is 2.34.